The summed E-state index contributed by atoms with van der Waals surface area (Å²) in [6.07, 6.45) is 5.85. The molecule has 1 fully saturated rings. The molecule has 0 bridgehead atoms. The summed E-state index contributed by atoms with van der Waals surface area (Å²) in [6, 6.07) is 2.15. The Bertz CT molecular complexity index is 626. The summed E-state index contributed by atoms with van der Waals surface area (Å²) >= 11 is 0. The third kappa shape index (κ3) is 2.53. The summed E-state index contributed by atoms with van der Waals surface area (Å²) in [5.74, 6) is 1.15. The molecule has 21 heavy (non-hydrogen) atoms. The molecule has 0 amide bonds. The molecule has 0 saturated carbocycles. The number of aromatic nitrogens is 2. The largest absolute Gasteiger partial charge is 0.383 e. The normalized spacial score (nSPS) is 15.9. The van der Waals surface area contributed by atoms with Gasteiger partial charge in [0.25, 0.3) is 0 Å². The second-order valence-corrected chi connectivity index (χ2v) is 5.93. The zero-order valence-corrected chi connectivity index (χ0v) is 13.4. The summed E-state index contributed by atoms with van der Waals surface area (Å²) in [6.45, 7) is 8.28. The number of nitrogens with zero attached hydrogens (tertiary/aromatic N) is 3. The van der Waals surface area contributed by atoms with E-state index in [9.17, 15) is 0 Å². The summed E-state index contributed by atoms with van der Waals surface area (Å²) in [4.78, 5) is 7.17. The van der Waals surface area contributed by atoms with Crippen LogP contribution in [0.2, 0.25) is 0 Å². The fraction of sp³-hybridized carbons (Fsp3) is 0.588. The summed E-state index contributed by atoms with van der Waals surface area (Å²) in [7, 11) is 1.76. The van der Waals surface area contributed by atoms with Gasteiger partial charge in [-0.25, -0.2) is 4.98 Å². The van der Waals surface area contributed by atoms with Crippen LogP contribution in [0.5, 0.6) is 0 Å². The molecule has 114 valence electrons. The lowest BCUT2D eigenvalue weighted by Crippen LogP contribution is -2.30. The van der Waals surface area contributed by atoms with Crippen molar-refractivity contribution < 1.29 is 4.74 Å². The number of piperidine rings is 1. The molecule has 4 nitrogen and oxygen atoms in total. The molecule has 1 saturated heterocycles. The molecule has 4 heteroatoms. The van der Waals surface area contributed by atoms with Gasteiger partial charge in [-0.2, -0.15) is 0 Å². The Hall–Kier alpha value is -1.55. The minimum atomic E-state index is 0.735. The van der Waals surface area contributed by atoms with Crippen LogP contribution < -0.4 is 4.90 Å². The standard InChI is InChI=1S/C17H25N3O/c1-13-14(2)20(11-12-21-3)16-15(13)7-8-18-17(16)19-9-5-4-6-10-19/h7-8H,4-6,9-12H2,1-3H3. The average Bonchev–Trinajstić information content (AvgIpc) is 2.78. The second-order valence-electron chi connectivity index (χ2n) is 5.93. The maximum absolute atomic E-state index is 5.29. The molecule has 0 aliphatic carbocycles. The molecule has 0 radical (unpaired) electrons. The lowest BCUT2D eigenvalue weighted by atomic mass is 10.1. The Kier molecular flexibility index (Phi) is 4.15. The molecule has 2 aromatic rings. The quantitative estimate of drug-likeness (QED) is 0.864. The van der Waals surface area contributed by atoms with Crippen molar-refractivity contribution in [2.24, 2.45) is 0 Å². The third-order valence-electron chi connectivity index (χ3n) is 4.70. The number of anilines is 1. The van der Waals surface area contributed by atoms with E-state index in [1.54, 1.807) is 7.11 Å². The van der Waals surface area contributed by atoms with Crippen LogP contribution in [0.4, 0.5) is 5.82 Å². The Morgan fingerprint density at radius 1 is 1.19 bits per heavy atom. The van der Waals surface area contributed by atoms with Gasteiger partial charge in [0.1, 0.15) is 0 Å². The van der Waals surface area contributed by atoms with Gasteiger partial charge in [0.15, 0.2) is 5.82 Å². The summed E-state index contributed by atoms with van der Waals surface area (Å²) < 4.78 is 7.67. The minimum absolute atomic E-state index is 0.735. The fourth-order valence-corrected chi connectivity index (χ4v) is 3.38. The number of ether oxygens (including phenoxy) is 1. The lowest BCUT2D eigenvalue weighted by molar-refractivity contribution is 0.188. The van der Waals surface area contributed by atoms with Gasteiger partial charge in [-0.3, -0.25) is 0 Å². The molecule has 3 rings (SSSR count). The van der Waals surface area contributed by atoms with Crippen molar-refractivity contribution in [2.75, 3.05) is 31.7 Å². The number of pyridine rings is 1. The van der Waals surface area contributed by atoms with Gasteiger partial charge in [0, 0.05) is 44.0 Å². The fourth-order valence-electron chi connectivity index (χ4n) is 3.38. The highest BCUT2D eigenvalue weighted by atomic mass is 16.5. The number of fused-ring (bicyclic) bond motifs is 1. The molecule has 0 unspecified atom stereocenters. The first kappa shape index (κ1) is 14.4. The molecular formula is C17H25N3O. The second kappa shape index (κ2) is 6.06. The zero-order chi connectivity index (χ0) is 14.8. The van der Waals surface area contributed by atoms with Crippen LogP contribution >= 0.6 is 0 Å². The highest BCUT2D eigenvalue weighted by Gasteiger charge is 2.20. The Morgan fingerprint density at radius 3 is 2.67 bits per heavy atom. The maximum Gasteiger partial charge on any atom is 0.153 e. The highest BCUT2D eigenvalue weighted by molar-refractivity contribution is 5.93. The Balaban J connectivity index is 2.13. The van der Waals surface area contributed by atoms with Crippen molar-refractivity contribution in [2.45, 2.75) is 39.7 Å². The van der Waals surface area contributed by atoms with Crippen LogP contribution in [0.3, 0.4) is 0 Å². The van der Waals surface area contributed by atoms with E-state index < -0.39 is 0 Å². The van der Waals surface area contributed by atoms with Crippen LogP contribution in [0.15, 0.2) is 12.3 Å². The van der Waals surface area contributed by atoms with E-state index in [1.165, 1.54) is 41.4 Å². The van der Waals surface area contributed by atoms with Gasteiger partial charge in [-0.05, 0) is 44.7 Å². The van der Waals surface area contributed by atoms with Gasteiger partial charge < -0.3 is 14.2 Å². The molecule has 0 spiro atoms. The predicted molar refractivity (Wildman–Crippen MR) is 87.1 cm³/mol. The first-order chi connectivity index (χ1) is 10.2. The summed E-state index contributed by atoms with van der Waals surface area (Å²) in [5, 5.41) is 1.33. The van der Waals surface area contributed by atoms with E-state index in [4.69, 9.17) is 9.72 Å². The van der Waals surface area contributed by atoms with Crippen LogP contribution in [0.25, 0.3) is 10.9 Å². The van der Waals surface area contributed by atoms with Crippen molar-refractivity contribution >= 4 is 16.7 Å². The monoisotopic (exact) mass is 287 g/mol. The van der Waals surface area contributed by atoms with Crippen molar-refractivity contribution in [3.63, 3.8) is 0 Å². The first-order valence-corrected chi connectivity index (χ1v) is 7.92. The number of aryl methyl sites for hydroxylation is 1. The lowest BCUT2D eigenvalue weighted by Gasteiger charge is -2.28. The van der Waals surface area contributed by atoms with E-state index in [0.717, 1.165) is 32.1 Å². The van der Waals surface area contributed by atoms with Crippen LogP contribution in [-0.4, -0.2) is 36.4 Å². The number of hydrogen-bond donors (Lipinski definition) is 0. The molecule has 0 N–H and O–H groups in total. The molecule has 1 aliphatic heterocycles. The molecule has 0 atom stereocenters. The van der Waals surface area contributed by atoms with E-state index in [-0.39, 0.29) is 0 Å². The maximum atomic E-state index is 5.29. The SMILES string of the molecule is COCCn1c(C)c(C)c2ccnc(N3CCCCC3)c21. The molecular weight excluding hydrogens is 262 g/mol. The van der Waals surface area contributed by atoms with Crippen molar-refractivity contribution in [3.8, 4) is 0 Å². The van der Waals surface area contributed by atoms with Crippen molar-refractivity contribution in [3.05, 3.63) is 23.5 Å². The molecule has 0 aromatic carbocycles. The van der Waals surface area contributed by atoms with Gasteiger partial charge in [0.2, 0.25) is 0 Å². The van der Waals surface area contributed by atoms with Crippen LogP contribution in [-0.2, 0) is 11.3 Å². The number of hydrogen-bond acceptors (Lipinski definition) is 3. The van der Waals surface area contributed by atoms with Crippen molar-refractivity contribution in [1.82, 2.24) is 9.55 Å². The average molecular weight is 287 g/mol. The minimum Gasteiger partial charge on any atom is -0.383 e. The van der Waals surface area contributed by atoms with Gasteiger partial charge in [-0.15, -0.1) is 0 Å². The molecule has 2 aromatic heterocycles. The number of rotatable bonds is 4. The van der Waals surface area contributed by atoms with Crippen LogP contribution in [0.1, 0.15) is 30.5 Å². The predicted octanol–water partition coefficient (Wildman–Crippen LogP) is 3.29. The van der Waals surface area contributed by atoms with E-state index in [2.05, 4.69) is 29.4 Å². The first-order valence-electron chi connectivity index (χ1n) is 7.92. The Labute approximate surface area is 126 Å². The Morgan fingerprint density at radius 2 is 1.95 bits per heavy atom. The van der Waals surface area contributed by atoms with E-state index in [0.29, 0.717) is 0 Å². The highest BCUT2D eigenvalue weighted by Crippen LogP contribution is 2.32. The molecule has 1 aliphatic rings. The van der Waals surface area contributed by atoms with Gasteiger partial charge in [0.05, 0.1) is 12.1 Å². The van der Waals surface area contributed by atoms with Gasteiger partial charge >= 0.3 is 0 Å². The zero-order valence-electron chi connectivity index (χ0n) is 13.4. The topological polar surface area (TPSA) is 30.3 Å². The third-order valence-corrected chi connectivity index (χ3v) is 4.70. The molecule has 3 heterocycles. The number of methoxy groups -OCH3 is 1. The van der Waals surface area contributed by atoms with Gasteiger partial charge in [-0.1, -0.05) is 0 Å². The van der Waals surface area contributed by atoms with E-state index in [1.807, 2.05) is 6.20 Å². The smallest absolute Gasteiger partial charge is 0.153 e. The summed E-state index contributed by atoms with van der Waals surface area (Å²) in [5.41, 5.74) is 3.97. The van der Waals surface area contributed by atoms with Crippen molar-refractivity contribution in [1.29, 1.82) is 0 Å². The van der Waals surface area contributed by atoms with Crippen LogP contribution in [0, 0.1) is 13.8 Å². The van der Waals surface area contributed by atoms with E-state index >= 15 is 0 Å².